The molecule has 32 heavy (non-hydrogen) atoms. The van der Waals surface area contributed by atoms with E-state index in [2.05, 4.69) is 29.6 Å². The normalized spacial score (nSPS) is 15.6. The molecule has 0 aliphatic heterocycles. The average molecular weight is 445 g/mol. The number of benzene rings is 3. The third kappa shape index (κ3) is 3.92. The zero-order valence-corrected chi connectivity index (χ0v) is 18.5. The number of aromatic carboxylic acids is 1. The second-order valence-electron chi connectivity index (χ2n) is 8.39. The van der Waals surface area contributed by atoms with Crippen LogP contribution in [0.4, 0.5) is 0 Å². The Morgan fingerprint density at radius 3 is 2.59 bits per heavy atom. The minimum atomic E-state index is -0.906. The molecule has 5 rings (SSSR count). The van der Waals surface area contributed by atoms with Gasteiger partial charge >= 0.3 is 5.97 Å². The average Bonchev–Trinajstić information content (AvgIpc) is 3.12. The number of aromatic nitrogens is 1. The molecule has 0 saturated heterocycles. The number of hydrogen-bond acceptors (Lipinski definition) is 2. The highest BCUT2D eigenvalue weighted by molar-refractivity contribution is 6.30. The zero-order chi connectivity index (χ0) is 22.1. The van der Waals surface area contributed by atoms with Gasteiger partial charge in [-0.1, -0.05) is 66.2 Å². The first-order valence-corrected chi connectivity index (χ1v) is 11.4. The Hall–Kier alpha value is -3.08. The fourth-order valence-corrected chi connectivity index (χ4v) is 5.05. The van der Waals surface area contributed by atoms with Crippen LogP contribution in [0.5, 0.6) is 0 Å². The Balaban J connectivity index is 1.52. The van der Waals surface area contributed by atoms with Crippen molar-refractivity contribution in [1.82, 2.24) is 9.88 Å². The van der Waals surface area contributed by atoms with E-state index in [4.69, 9.17) is 11.6 Å². The van der Waals surface area contributed by atoms with Gasteiger partial charge in [-0.25, -0.2) is 4.79 Å². The summed E-state index contributed by atoms with van der Waals surface area (Å²) in [6.45, 7) is 0.986. The highest BCUT2D eigenvalue weighted by Crippen LogP contribution is 2.32. The van der Waals surface area contributed by atoms with E-state index in [0.29, 0.717) is 23.8 Å². The van der Waals surface area contributed by atoms with E-state index in [1.54, 1.807) is 0 Å². The van der Waals surface area contributed by atoms with Crippen molar-refractivity contribution in [2.24, 2.45) is 0 Å². The number of para-hydroxylation sites is 1. The minimum Gasteiger partial charge on any atom is -0.477 e. The number of nitrogens with zero attached hydrogens (tertiary/aromatic N) is 1. The molecule has 5 heteroatoms. The van der Waals surface area contributed by atoms with Gasteiger partial charge < -0.3 is 15.0 Å². The maximum absolute atomic E-state index is 12.4. The number of rotatable bonds is 6. The number of fused-ring (bicyclic) bond motifs is 2. The molecule has 2 N–H and O–H groups in total. The molecule has 0 amide bonds. The molecule has 0 unspecified atom stereocenters. The molecular weight excluding hydrogens is 420 g/mol. The second kappa shape index (κ2) is 8.81. The molecule has 0 saturated carbocycles. The zero-order valence-electron chi connectivity index (χ0n) is 17.7. The molecular formula is C27H25ClN2O2. The third-order valence-electron chi connectivity index (χ3n) is 6.43. The Labute approximate surface area is 192 Å². The van der Waals surface area contributed by atoms with Crippen molar-refractivity contribution in [1.29, 1.82) is 0 Å². The summed E-state index contributed by atoms with van der Waals surface area (Å²) in [5.74, 6) is -0.906. The molecule has 1 heterocycles. The lowest BCUT2D eigenvalue weighted by molar-refractivity contribution is 0.0684. The molecule has 1 aliphatic carbocycles. The predicted molar refractivity (Wildman–Crippen MR) is 128 cm³/mol. The van der Waals surface area contributed by atoms with Crippen LogP contribution < -0.4 is 5.32 Å². The maximum atomic E-state index is 12.4. The van der Waals surface area contributed by atoms with Crippen LogP contribution in [0.2, 0.25) is 5.02 Å². The predicted octanol–water partition coefficient (Wildman–Crippen LogP) is 6.21. The summed E-state index contributed by atoms with van der Waals surface area (Å²) >= 11 is 6.04. The van der Waals surface area contributed by atoms with Crippen molar-refractivity contribution in [2.45, 2.75) is 38.4 Å². The number of aryl methyl sites for hydroxylation is 1. The summed E-state index contributed by atoms with van der Waals surface area (Å²) in [4.78, 5) is 12.4. The smallest absolute Gasteiger partial charge is 0.352 e. The molecule has 4 nitrogen and oxygen atoms in total. The molecule has 1 aromatic heterocycles. The molecule has 1 aliphatic rings. The van der Waals surface area contributed by atoms with Gasteiger partial charge in [0.05, 0.1) is 0 Å². The Bertz CT molecular complexity index is 1280. The first-order valence-electron chi connectivity index (χ1n) is 11.0. The van der Waals surface area contributed by atoms with E-state index in [-0.39, 0.29) is 6.04 Å². The summed E-state index contributed by atoms with van der Waals surface area (Å²) in [5, 5.41) is 15.5. The first kappa shape index (κ1) is 20.8. The highest BCUT2D eigenvalue weighted by Gasteiger charge is 2.24. The third-order valence-corrected chi connectivity index (χ3v) is 6.68. The second-order valence-corrected chi connectivity index (χ2v) is 8.82. The number of carboxylic acids is 1. The topological polar surface area (TPSA) is 54.3 Å². The van der Waals surface area contributed by atoms with E-state index >= 15 is 0 Å². The van der Waals surface area contributed by atoms with Crippen molar-refractivity contribution in [3.05, 3.63) is 106 Å². The monoisotopic (exact) mass is 444 g/mol. The van der Waals surface area contributed by atoms with Crippen LogP contribution in [0.15, 0.2) is 72.8 Å². The van der Waals surface area contributed by atoms with Crippen LogP contribution in [0, 0.1) is 0 Å². The van der Waals surface area contributed by atoms with Crippen LogP contribution in [0.3, 0.4) is 0 Å². The summed E-state index contributed by atoms with van der Waals surface area (Å²) < 4.78 is 1.91. The van der Waals surface area contributed by atoms with E-state index in [1.807, 2.05) is 53.1 Å². The largest absolute Gasteiger partial charge is 0.477 e. The van der Waals surface area contributed by atoms with Crippen molar-refractivity contribution in [3.8, 4) is 0 Å². The molecule has 0 fully saturated rings. The van der Waals surface area contributed by atoms with Gasteiger partial charge in [-0.05, 0) is 54.2 Å². The van der Waals surface area contributed by atoms with Gasteiger partial charge in [0.2, 0.25) is 0 Å². The lowest BCUT2D eigenvalue weighted by Crippen LogP contribution is -2.25. The van der Waals surface area contributed by atoms with Crippen molar-refractivity contribution in [2.75, 3.05) is 0 Å². The summed E-state index contributed by atoms with van der Waals surface area (Å²) in [6, 6.07) is 24.3. The molecule has 1 atom stereocenters. The van der Waals surface area contributed by atoms with Gasteiger partial charge in [-0.15, -0.1) is 0 Å². The van der Waals surface area contributed by atoms with Gasteiger partial charge in [0.1, 0.15) is 5.69 Å². The Morgan fingerprint density at radius 2 is 1.78 bits per heavy atom. The number of carboxylic acid groups (broad SMARTS) is 1. The van der Waals surface area contributed by atoms with Gasteiger partial charge in [0.25, 0.3) is 0 Å². The lowest BCUT2D eigenvalue weighted by Gasteiger charge is -2.26. The molecule has 4 aromatic rings. The quantitative estimate of drug-likeness (QED) is 0.371. The van der Waals surface area contributed by atoms with Gasteiger partial charge in [0.15, 0.2) is 0 Å². The van der Waals surface area contributed by atoms with Crippen molar-refractivity contribution < 1.29 is 9.90 Å². The summed E-state index contributed by atoms with van der Waals surface area (Å²) in [6.07, 6.45) is 3.30. The number of halogens is 1. The fraction of sp³-hybridized carbons (Fsp3) is 0.222. The number of hydrogen-bond donors (Lipinski definition) is 2. The highest BCUT2D eigenvalue weighted by atomic mass is 35.5. The molecule has 0 spiro atoms. The van der Waals surface area contributed by atoms with Crippen LogP contribution in [-0.2, 0) is 19.5 Å². The minimum absolute atomic E-state index is 0.236. The van der Waals surface area contributed by atoms with Gasteiger partial charge in [-0.2, -0.15) is 0 Å². The van der Waals surface area contributed by atoms with Crippen LogP contribution >= 0.6 is 11.6 Å². The SMILES string of the molecule is O=C(O)c1c(CN[C@@H]2CCCc3ccccc32)c2ccccc2n1Cc1ccc(Cl)cc1. The van der Waals surface area contributed by atoms with Crippen LogP contribution in [-0.4, -0.2) is 15.6 Å². The number of nitrogens with one attached hydrogen (secondary N) is 1. The van der Waals surface area contributed by atoms with Gasteiger partial charge in [0, 0.05) is 40.6 Å². The van der Waals surface area contributed by atoms with Crippen molar-refractivity contribution >= 4 is 28.5 Å². The van der Waals surface area contributed by atoms with E-state index in [1.165, 1.54) is 11.1 Å². The Morgan fingerprint density at radius 1 is 1.03 bits per heavy atom. The molecule has 3 aromatic carbocycles. The van der Waals surface area contributed by atoms with Crippen molar-refractivity contribution in [3.63, 3.8) is 0 Å². The Kier molecular flexibility index (Phi) is 5.73. The standard InChI is InChI=1S/C27H25ClN2O2/c28-20-14-12-18(13-15-20)17-30-25-11-4-3-9-22(25)23(26(30)27(31)32)16-29-24-10-5-7-19-6-1-2-8-21(19)24/h1-4,6,8-9,11-15,24,29H,5,7,10,16-17H2,(H,31,32)/t24-/m1/s1. The van der Waals surface area contributed by atoms with E-state index in [0.717, 1.165) is 41.3 Å². The summed E-state index contributed by atoms with van der Waals surface area (Å²) in [5.41, 5.74) is 5.85. The van der Waals surface area contributed by atoms with E-state index in [9.17, 15) is 9.90 Å². The van der Waals surface area contributed by atoms with E-state index < -0.39 is 5.97 Å². The van der Waals surface area contributed by atoms with Gasteiger partial charge in [-0.3, -0.25) is 0 Å². The fourth-order valence-electron chi connectivity index (χ4n) is 4.93. The maximum Gasteiger partial charge on any atom is 0.352 e. The number of carbonyl (C=O) groups is 1. The first-order chi connectivity index (χ1) is 15.6. The molecule has 0 bridgehead atoms. The molecule has 162 valence electrons. The van der Waals surface area contributed by atoms with Crippen LogP contribution in [0.1, 0.15) is 51.6 Å². The summed E-state index contributed by atoms with van der Waals surface area (Å²) in [7, 11) is 0. The molecule has 0 radical (unpaired) electrons. The van der Waals surface area contributed by atoms with Crippen LogP contribution in [0.25, 0.3) is 10.9 Å². The lowest BCUT2D eigenvalue weighted by atomic mass is 9.87.